The molecule has 0 radical (unpaired) electrons. The van der Waals surface area contributed by atoms with E-state index in [9.17, 15) is 24.6 Å². The first-order chi connectivity index (χ1) is 19.5. The molecule has 5 heterocycles. The van der Waals surface area contributed by atoms with E-state index in [1.165, 1.54) is 29.8 Å². The van der Waals surface area contributed by atoms with Crippen molar-refractivity contribution >= 4 is 52.0 Å². The van der Waals surface area contributed by atoms with Crippen LogP contribution < -0.4 is 29.9 Å². The van der Waals surface area contributed by atoms with Crippen molar-refractivity contribution in [1.29, 1.82) is 0 Å². The van der Waals surface area contributed by atoms with Crippen molar-refractivity contribution in [3.63, 3.8) is 0 Å². The number of ether oxygens (including phenoxy) is 4. The van der Waals surface area contributed by atoms with Crippen LogP contribution in [0.4, 0.5) is 16.2 Å². The van der Waals surface area contributed by atoms with Gasteiger partial charge < -0.3 is 49.6 Å². The molecule has 2 atom stereocenters. The van der Waals surface area contributed by atoms with Crippen molar-refractivity contribution in [1.82, 2.24) is 10.6 Å². The van der Waals surface area contributed by atoms with Gasteiger partial charge in [-0.2, -0.15) is 0 Å². The molecule has 5 rings (SSSR count). The summed E-state index contributed by atoms with van der Waals surface area (Å²) in [5.41, 5.74) is 0.902. The van der Waals surface area contributed by atoms with Crippen molar-refractivity contribution in [3.05, 3.63) is 20.5 Å². The number of rotatable bonds is 6. The molecular weight excluding hydrogens is 576 g/mol. The molecule has 2 aromatic heterocycles. The number of hydrogen-bond acceptors (Lipinski definition) is 13. The van der Waals surface area contributed by atoms with Gasteiger partial charge in [0.25, 0.3) is 5.91 Å². The Labute approximate surface area is 245 Å². The topological polar surface area (TPSA) is 159 Å². The molecule has 13 nitrogen and oxygen atoms in total. The van der Waals surface area contributed by atoms with Gasteiger partial charge in [0.1, 0.15) is 39.9 Å². The second kappa shape index (κ2) is 13.1. The van der Waals surface area contributed by atoms with Gasteiger partial charge in [-0.3, -0.25) is 4.79 Å². The van der Waals surface area contributed by atoms with E-state index in [4.69, 9.17) is 18.9 Å². The average molecular weight is 613 g/mol. The summed E-state index contributed by atoms with van der Waals surface area (Å²) in [6.45, 7) is 8.34. The zero-order valence-electron chi connectivity index (χ0n) is 23.4. The predicted octanol–water partition coefficient (Wildman–Crippen LogP) is 1.67. The molecular formula is C26H36N4O9S2. The van der Waals surface area contributed by atoms with Crippen LogP contribution in [0.5, 0.6) is 11.5 Å². The third-order valence-electron chi connectivity index (χ3n) is 6.29. The number of nitrogens with zero attached hydrogens (tertiary/aromatic N) is 2. The fourth-order valence-corrected chi connectivity index (χ4v) is 6.39. The number of thiophene rings is 2. The number of carbonyl (C=O) groups excluding carboxylic acids is 3. The van der Waals surface area contributed by atoms with Crippen molar-refractivity contribution in [2.45, 2.75) is 38.5 Å². The number of fused-ring (bicyclic) bond motifs is 1. The van der Waals surface area contributed by atoms with E-state index in [0.717, 1.165) is 18.0 Å². The van der Waals surface area contributed by atoms with E-state index < -0.39 is 23.7 Å². The zero-order valence-corrected chi connectivity index (χ0v) is 25.1. The molecule has 0 aliphatic carbocycles. The molecule has 4 N–H and O–H groups in total. The Morgan fingerprint density at radius 1 is 1.15 bits per heavy atom. The SMILES string of the molecule is COC(=O)c1scc2c1N(C[C@@H](CO)NC(=O)OC(C)(C)C)CCO2.O=C1N[C@H](CO)CN2CCOc3csc1c32. The molecule has 41 heavy (non-hydrogen) atoms. The third kappa shape index (κ3) is 7.33. The molecule has 0 spiro atoms. The number of methoxy groups -OCH3 is 1. The quantitative estimate of drug-likeness (QED) is 0.352. The van der Waals surface area contributed by atoms with Gasteiger partial charge in [-0.1, -0.05) is 0 Å². The first kappa shape index (κ1) is 30.7. The highest BCUT2D eigenvalue weighted by Gasteiger charge is 2.33. The molecule has 0 saturated heterocycles. The normalized spacial score (nSPS) is 18.2. The molecule has 2 aromatic rings. The number of amides is 2. The van der Waals surface area contributed by atoms with Crippen LogP contribution in [-0.2, 0) is 9.47 Å². The number of aliphatic hydroxyl groups excluding tert-OH is 2. The maximum atomic E-state index is 11.9. The van der Waals surface area contributed by atoms with E-state index in [-0.39, 0.29) is 25.2 Å². The van der Waals surface area contributed by atoms with E-state index in [2.05, 4.69) is 15.5 Å². The maximum Gasteiger partial charge on any atom is 0.408 e. The van der Waals surface area contributed by atoms with Gasteiger partial charge in [0, 0.05) is 23.8 Å². The first-order valence-corrected chi connectivity index (χ1v) is 14.9. The van der Waals surface area contributed by atoms with Gasteiger partial charge in [0.05, 0.1) is 45.5 Å². The van der Waals surface area contributed by atoms with Gasteiger partial charge in [-0.25, -0.2) is 9.59 Å². The number of hydrogen-bond donors (Lipinski definition) is 4. The highest BCUT2D eigenvalue weighted by molar-refractivity contribution is 7.13. The first-order valence-electron chi connectivity index (χ1n) is 13.1. The van der Waals surface area contributed by atoms with E-state index in [1.54, 1.807) is 26.2 Å². The Balaban J connectivity index is 0.000000206. The molecule has 0 fully saturated rings. The van der Waals surface area contributed by atoms with Crippen LogP contribution >= 0.6 is 22.7 Å². The number of aliphatic hydroxyl groups is 2. The van der Waals surface area contributed by atoms with Crippen molar-refractivity contribution in [2.75, 3.05) is 69.5 Å². The summed E-state index contributed by atoms with van der Waals surface area (Å²) < 4.78 is 21.1. The number of carbonyl (C=O) groups is 3. The summed E-state index contributed by atoms with van der Waals surface area (Å²) in [7, 11) is 1.32. The minimum atomic E-state index is -0.623. The maximum absolute atomic E-state index is 11.9. The Morgan fingerprint density at radius 3 is 2.49 bits per heavy atom. The molecule has 0 unspecified atom stereocenters. The second-order valence-corrected chi connectivity index (χ2v) is 12.3. The van der Waals surface area contributed by atoms with Crippen LogP contribution in [0.25, 0.3) is 0 Å². The highest BCUT2D eigenvalue weighted by atomic mass is 32.1. The third-order valence-corrected chi connectivity index (χ3v) is 8.16. The monoisotopic (exact) mass is 612 g/mol. The summed E-state index contributed by atoms with van der Waals surface area (Å²) in [5.74, 6) is 0.839. The highest BCUT2D eigenvalue weighted by Crippen LogP contribution is 2.42. The van der Waals surface area contributed by atoms with Gasteiger partial charge >= 0.3 is 12.1 Å². The van der Waals surface area contributed by atoms with Crippen molar-refractivity contribution in [3.8, 4) is 11.5 Å². The van der Waals surface area contributed by atoms with Crippen LogP contribution in [-0.4, -0.2) is 106 Å². The number of nitrogens with one attached hydrogen (secondary N) is 2. The summed E-state index contributed by atoms with van der Waals surface area (Å²) in [6.07, 6.45) is -0.599. The van der Waals surface area contributed by atoms with Crippen molar-refractivity contribution < 1.29 is 43.5 Å². The molecule has 2 amide bonds. The fraction of sp³-hybridized carbons (Fsp3) is 0.577. The average Bonchev–Trinajstić information content (AvgIpc) is 3.53. The standard InChI is InChI=1S/C16H24N2O6S.C10H12N2O3S/c1-16(2,3)24-15(21)17-10(8-19)7-18-5-6-23-11-9-25-13(12(11)18)14(20)22-4;13-4-6-3-12-1-2-15-7-5-16-9(8(7)12)10(14)11-6/h9-10,19H,5-8H2,1-4H3,(H,17,21);5-6,13H,1-4H2,(H,11,14)/t10-;6-/m00/s1. The summed E-state index contributed by atoms with van der Waals surface area (Å²) in [5, 5.41) is 27.9. The molecule has 0 saturated carbocycles. The van der Waals surface area contributed by atoms with Gasteiger partial charge in [-0.05, 0) is 20.8 Å². The van der Waals surface area contributed by atoms with E-state index in [0.29, 0.717) is 54.0 Å². The van der Waals surface area contributed by atoms with Gasteiger partial charge in [0.2, 0.25) is 0 Å². The number of anilines is 2. The lowest BCUT2D eigenvalue weighted by Gasteiger charge is -2.33. The second-order valence-electron chi connectivity index (χ2n) is 10.5. The largest absolute Gasteiger partial charge is 0.489 e. The zero-order chi connectivity index (χ0) is 29.7. The minimum absolute atomic E-state index is 0.0344. The lowest BCUT2D eigenvalue weighted by atomic mass is 10.2. The minimum Gasteiger partial charge on any atom is -0.489 e. The van der Waals surface area contributed by atoms with Gasteiger partial charge in [0.15, 0.2) is 11.5 Å². The lowest BCUT2D eigenvalue weighted by Crippen LogP contribution is -2.49. The smallest absolute Gasteiger partial charge is 0.408 e. The van der Waals surface area contributed by atoms with Crippen LogP contribution in [0.15, 0.2) is 10.8 Å². The number of esters is 1. The van der Waals surface area contributed by atoms with Crippen LogP contribution in [0.3, 0.4) is 0 Å². The molecule has 0 aromatic carbocycles. The Hall–Kier alpha value is -3.27. The Kier molecular flexibility index (Phi) is 9.84. The molecule has 226 valence electrons. The summed E-state index contributed by atoms with van der Waals surface area (Å²) in [6, 6.07) is -0.746. The van der Waals surface area contributed by atoms with Crippen LogP contribution in [0, 0.1) is 0 Å². The van der Waals surface area contributed by atoms with Crippen LogP contribution in [0.2, 0.25) is 0 Å². The number of alkyl carbamates (subject to hydrolysis) is 1. The Bertz CT molecular complexity index is 1240. The fourth-order valence-electron chi connectivity index (χ4n) is 4.55. The van der Waals surface area contributed by atoms with E-state index >= 15 is 0 Å². The van der Waals surface area contributed by atoms with Crippen LogP contribution in [0.1, 0.15) is 40.1 Å². The summed E-state index contributed by atoms with van der Waals surface area (Å²) >= 11 is 2.64. The van der Waals surface area contributed by atoms with E-state index in [1.807, 2.05) is 10.3 Å². The molecule has 3 aliphatic heterocycles. The molecule has 0 bridgehead atoms. The van der Waals surface area contributed by atoms with Crippen molar-refractivity contribution in [2.24, 2.45) is 0 Å². The molecule has 15 heteroatoms. The van der Waals surface area contributed by atoms with Gasteiger partial charge in [-0.15, -0.1) is 22.7 Å². The molecule has 3 aliphatic rings. The predicted molar refractivity (Wildman–Crippen MR) is 154 cm³/mol. The summed E-state index contributed by atoms with van der Waals surface area (Å²) in [4.78, 5) is 40.9. The Morgan fingerprint density at radius 2 is 1.83 bits per heavy atom. The lowest BCUT2D eigenvalue weighted by molar-refractivity contribution is 0.0483.